The minimum absolute atomic E-state index is 0.00355. The summed E-state index contributed by atoms with van der Waals surface area (Å²) in [5.74, 6) is -0.0327. The zero-order valence-corrected chi connectivity index (χ0v) is 17.9. The lowest BCUT2D eigenvalue weighted by atomic mass is 9.64. The molecule has 4 rings (SSSR count). The Morgan fingerprint density at radius 1 is 1.10 bits per heavy atom. The van der Waals surface area contributed by atoms with E-state index in [2.05, 4.69) is 35.7 Å². The molecule has 4 nitrogen and oxygen atoms in total. The molecule has 156 valence electrons. The molecule has 1 spiro atoms. The van der Waals surface area contributed by atoms with Crippen molar-refractivity contribution in [1.82, 2.24) is 4.90 Å². The minimum Gasteiger partial charge on any atom is -0.378 e. The van der Waals surface area contributed by atoms with Crippen LogP contribution in [0.2, 0.25) is 0 Å². The van der Waals surface area contributed by atoms with Crippen LogP contribution in [-0.2, 0) is 16.1 Å². The average molecular weight is 403 g/mol. The van der Waals surface area contributed by atoms with Crippen molar-refractivity contribution in [2.45, 2.75) is 32.2 Å². The van der Waals surface area contributed by atoms with Crippen molar-refractivity contribution in [2.24, 2.45) is 11.3 Å². The average Bonchev–Trinajstić information content (AvgIpc) is 3.13. The standard InChI is InChI=1S/C26H30N2O2/c1-19(21-11-13-22(14-12-21)27(2)3)23-15-17-28(18-20-8-5-4-6-9-20)25(30)26(23)16-7-10-24(26)29/h4-6,8-9,11-14,23H,1,7,10,15-18H2,2-3H3/t23-,26+/m1/s1. The second-order valence-electron chi connectivity index (χ2n) is 8.77. The zero-order chi connectivity index (χ0) is 21.3. The van der Waals surface area contributed by atoms with Gasteiger partial charge in [-0.2, -0.15) is 0 Å². The molecule has 2 aromatic rings. The van der Waals surface area contributed by atoms with Gasteiger partial charge in [-0.3, -0.25) is 9.59 Å². The van der Waals surface area contributed by atoms with Crippen molar-refractivity contribution in [1.29, 1.82) is 0 Å². The molecule has 1 aliphatic carbocycles. The van der Waals surface area contributed by atoms with Crippen LogP contribution in [0.4, 0.5) is 5.69 Å². The normalized spacial score (nSPS) is 23.8. The van der Waals surface area contributed by atoms with Gasteiger partial charge in [-0.05, 0) is 48.1 Å². The fraction of sp³-hybridized carbons (Fsp3) is 0.385. The Bertz CT molecular complexity index is 949. The molecule has 0 aromatic heterocycles. The molecule has 0 N–H and O–H groups in total. The molecule has 0 unspecified atom stereocenters. The third-order valence-corrected chi connectivity index (χ3v) is 6.82. The largest absolute Gasteiger partial charge is 0.378 e. The topological polar surface area (TPSA) is 40.6 Å². The molecule has 1 heterocycles. The number of allylic oxidation sites excluding steroid dienone is 1. The Morgan fingerprint density at radius 2 is 1.80 bits per heavy atom. The maximum Gasteiger partial charge on any atom is 0.237 e. The van der Waals surface area contributed by atoms with Gasteiger partial charge < -0.3 is 9.80 Å². The van der Waals surface area contributed by atoms with Crippen LogP contribution in [0, 0.1) is 11.3 Å². The van der Waals surface area contributed by atoms with Crippen LogP contribution in [0.15, 0.2) is 61.2 Å². The van der Waals surface area contributed by atoms with Gasteiger partial charge in [0.1, 0.15) is 11.2 Å². The fourth-order valence-corrected chi connectivity index (χ4v) is 5.15. The maximum atomic E-state index is 13.7. The van der Waals surface area contributed by atoms with Crippen molar-refractivity contribution < 1.29 is 9.59 Å². The Hall–Kier alpha value is -2.88. The van der Waals surface area contributed by atoms with Gasteiger partial charge in [0.2, 0.25) is 5.91 Å². The molecule has 0 bridgehead atoms. The first-order chi connectivity index (χ1) is 14.4. The summed E-state index contributed by atoms with van der Waals surface area (Å²) in [6.45, 7) is 5.60. The minimum atomic E-state index is -0.940. The van der Waals surface area contributed by atoms with E-state index in [1.807, 2.05) is 49.3 Å². The number of hydrogen-bond acceptors (Lipinski definition) is 3. The van der Waals surface area contributed by atoms with E-state index in [1.165, 1.54) is 0 Å². The highest BCUT2D eigenvalue weighted by Crippen LogP contribution is 2.51. The lowest BCUT2D eigenvalue weighted by molar-refractivity contribution is -0.155. The highest BCUT2D eigenvalue weighted by atomic mass is 16.2. The molecule has 4 heteroatoms. The van der Waals surface area contributed by atoms with Crippen LogP contribution < -0.4 is 4.90 Å². The van der Waals surface area contributed by atoms with Crippen molar-refractivity contribution in [3.63, 3.8) is 0 Å². The van der Waals surface area contributed by atoms with E-state index in [1.54, 1.807) is 0 Å². The predicted octanol–water partition coefficient (Wildman–Crippen LogP) is 4.55. The molecule has 1 saturated carbocycles. The third-order valence-electron chi connectivity index (χ3n) is 6.82. The van der Waals surface area contributed by atoms with Crippen LogP contribution in [0.25, 0.3) is 5.57 Å². The number of carbonyl (C=O) groups excluding carboxylic acids is 2. The first kappa shape index (κ1) is 20.4. The number of hydrogen-bond donors (Lipinski definition) is 0. The van der Waals surface area contributed by atoms with Crippen molar-refractivity contribution >= 4 is 23.0 Å². The highest BCUT2D eigenvalue weighted by molar-refractivity contribution is 6.09. The Labute approximate surface area is 179 Å². The van der Waals surface area contributed by atoms with E-state index in [9.17, 15) is 9.59 Å². The van der Waals surface area contributed by atoms with Gasteiger partial charge in [0.25, 0.3) is 0 Å². The number of amides is 1. The first-order valence-electron chi connectivity index (χ1n) is 10.8. The summed E-state index contributed by atoms with van der Waals surface area (Å²) in [5, 5.41) is 0. The third kappa shape index (κ3) is 3.45. The summed E-state index contributed by atoms with van der Waals surface area (Å²) in [6.07, 6.45) is 2.69. The smallest absolute Gasteiger partial charge is 0.237 e. The number of Topliss-reactive ketones (excluding diaryl/α,β-unsaturated/α-hetero) is 1. The van der Waals surface area contributed by atoms with Gasteiger partial charge in [-0.1, -0.05) is 49.0 Å². The molecule has 2 atom stereocenters. The number of rotatable bonds is 5. The lowest BCUT2D eigenvalue weighted by Crippen LogP contribution is -2.55. The van der Waals surface area contributed by atoms with Gasteiger partial charge >= 0.3 is 0 Å². The summed E-state index contributed by atoms with van der Waals surface area (Å²) in [4.78, 5) is 30.8. The van der Waals surface area contributed by atoms with E-state index >= 15 is 0 Å². The Morgan fingerprint density at radius 3 is 2.40 bits per heavy atom. The van der Waals surface area contributed by atoms with Crippen LogP contribution in [-0.4, -0.2) is 37.2 Å². The van der Waals surface area contributed by atoms with E-state index in [-0.39, 0.29) is 17.6 Å². The Balaban J connectivity index is 1.63. The second-order valence-corrected chi connectivity index (χ2v) is 8.77. The fourth-order valence-electron chi connectivity index (χ4n) is 5.15. The molecule has 1 aliphatic heterocycles. The quantitative estimate of drug-likeness (QED) is 0.689. The second kappa shape index (κ2) is 8.10. The first-order valence-corrected chi connectivity index (χ1v) is 10.8. The van der Waals surface area contributed by atoms with Crippen molar-refractivity contribution in [2.75, 3.05) is 25.5 Å². The van der Waals surface area contributed by atoms with Gasteiger partial charge in [-0.15, -0.1) is 0 Å². The SMILES string of the molecule is C=C(c1ccc(N(C)C)cc1)[C@H]1CCN(Cc2ccccc2)C(=O)[C@@]12CCCC2=O. The number of benzene rings is 2. The monoisotopic (exact) mass is 402 g/mol. The molecule has 30 heavy (non-hydrogen) atoms. The molecule has 1 amide bonds. The summed E-state index contributed by atoms with van der Waals surface area (Å²) in [7, 11) is 4.02. The van der Waals surface area contributed by atoms with E-state index < -0.39 is 5.41 Å². The van der Waals surface area contributed by atoms with E-state index in [0.717, 1.165) is 35.2 Å². The molecule has 0 radical (unpaired) electrons. The highest BCUT2D eigenvalue weighted by Gasteiger charge is 2.58. The zero-order valence-electron chi connectivity index (χ0n) is 17.9. The van der Waals surface area contributed by atoms with Crippen molar-refractivity contribution in [3.05, 3.63) is 72.3 Å². The summed E-state index contributed by atoms with van der Waals surface area (Å²) < 4.78 is 0. The molecule has 1 saturated heterocycles. The number of nitrogens with zero attached hydrogens (tertiary/aromatic N) is 2. The van der Waals surface area contributed by atoms with Crippen LogP contribution in [0.1, 0.15) is 36.8 Å². The van der Waals surface area contributed by atoms with Gasteiger partial charge in [0.05, 0.1) is 0 Å². The molecular weight excluding hydrogens is 372 g/mol. The predicted molar refractivity (Wildman–Crippen MR) is 121 cm³/mol. The van der Waals surface area contributed by atoms with Crippen LogP contribution >= 0.6 is 0 Å². The summed E-state index contributed by atoms with van der Waals surface area (Å²) in [6, 6.07) is 18.3. The van der Waals surface area contributed by atoms with Gasteiger partial charge in [-0.25, -0.2) is 0 Å². The number of anilines is 1. The van der Waals surface area contributed by atoms with Gasteiger partial charge in [0.15, 0.2) is 0 Å². The molecule has 2 fully saturated rings. The molecule has 2 aromatic carbocycles. The number of ketones is 1. The number of carbonyl (C=O) groups is 2. The number of piperidine rings is 1. The van der Waals surface area contributed by atoms with E-state index in [4.69, 9.17) is 0 Å². The molecule has 2 aliphatic rings. The summed E-state index contributed by atoms with van der Waals surface area (Å²) >= 11 is 0. The van der Waals surface area contributed by atoms with Crippen LogP contribution in [0.3, 0.4) is 0 Å². The lowest BCUT2D eigenvalue weighted by Gasteiger charge is -2.45. The number of likely N-dealkylation sites (tertiary alicyclic amines) is 1. The van der Waals surface area contributed by atoms with Gasteiger partial charge in [0, 0.05) is 45.2 Å². The maximum absolute atomic E-state index is 13.7. The van der Waals surface area contributed by atoms with Crippen LogP contribution in [0.5, 0.6) is 0 Å². The Kier molecular flexibility index (Phi) is 5.50. The van der Waals surface area contributed by atoms with Crippen molar-refractivity contribution in [3.8, 4) is 0 Å². The van der Waals surface area contributed by atoms with E-state index in [0.29, 0.717) is 25.9 Å². The molecular formula is C26H30N2O2. The summed E-state index contributed by atoms with van der Waals surface area (Å²) in [5.41, 5.74) is 3.22.